The van der Waals surface area contributed by atoms with Crippen LogP contribution in [0.3, 0.4) is 0 Å². The van der Waals surface area contributed by atoms with Gasteiger partial charge in [-0.1, -0.05) is 26.1 Å². The number of piperidine rings is 1. The molecule has 2 nitrogen and oxygen atoms in total. The second-order valence-corrected chi connectivity index (χ2v) is 6.89. The van der Waals surface area contributed by atoms with Crippen molar-refractivity contribution in [2.75, 3.05) is 18.0 Å². The molecule has 2 rings (SSSR count). The summed E-state index contributed by atoms with van der Waals surface area (Å²) in [5.41, 5.74) is 7.83. The van der Waals surface area contributed by atoms with Crippen LogP contribution < -0.4 is 10.6 Å². The van der Waals surface area contributed by atoms with Gasteiger partial charge in [0, 0.05) is 23.1 Å². The van der Waals surface area contributed by atoms with Gasteiger partial charge in [-0.15, -0.1) is 0 Å². The maximum atomic E-state index is 5.66. The molecule has 104 valence electrons. The molecule has 0 bridgehead atoms. The van der Waals surface area contributed by atoms with Crippen LogP contribution in [0.15, 0.2) is 22.7 Å². The van der Waals surface area contributed by atoms with E-state index in [0.717, 1.165) is 35.0 Å². The molecule has 0 amide bonds. The van der Waals surface area contributed by atoms with Crippen LogP contribution in [0, 0.1) is 11.8 Å². The highest BCUT2D eigenvalue weighted by Gasteiger charge is 2.22. The molecule has 0 aliphatic carbocycles. The topological polar surface area (TPSA) is 29.3 Å². The Bertz CT molecular complexity index is 465. The molecule has 2 N–H and O–H groups in total. The Kier molecular flexibility index (Phi) is 4.85. The van der Waals surface area contributed by atoms with E-state index in [4.69, 9.17) is 18.0 Å². The highest BCUT2D eigenvalue weighted by molar-refractivity contribution is 9.10. The van der Waals surface area contributed by atoms with Crippen LogP contribution in [-0.4, -0.2) is 18.1 Å². The predicted octanol–water partition coefficient (Wildman–Crippen LogP) is 3.96. The molecule has 0 atom stereocenters. The summed E-state index contributed by atoms with van der Waals surface area (Å²) in [5.74, 6) is 1.66. The first-order valence-electron chi connectivity index (χ1n) is 6.83. The SMILES string of the molecule is CC(C)C1CCN(c2ccc(C(N)=S)cc2Br)CC1. The molecular weight excluding hydrogens is 320 g/mol. The van der Waals surface area contributed by atoms with E-state index in [1.54, 1.807) is 0 Å². The minimum atomic E-state index is 0.450. The molecule has 19 heavy (non-hydrogen) atoms. The molecule has 0 spiro atoms. The molecule has 1 aliphatic heterocycles. The summed E-state index contributed by atoms with van der Waals surface area (Å²) in [6.07, 6.45) is 2.56. The van der Waals surface area contributed by atoms with Crippen molar-refractivity contribution in [3.8, 4) is 0 Å². The first-order valence-corrected chi connectivity index (χ1v) is 8.03. The van der Waals surface area contributed by atoms with Crippen LogP contribution in [0.1, 0.15) is 32.3 Å². The van der Waals surface area contributed by atoms with Gasteiger partial charge < -0.3 is 10.6 Å². The maximum Gasteiger partial charge on any atom is 0.104 e. The zero-order chi connectivity index (χ0) is 14.0. The normalized spacial score (nSPS) is 16.9. The van der Waals surface area contributed by atoms with Gasteiger partial charge in [0.2, 0.25) is 0 Å². The van der Waals surface area contributed by atoms with E-state index >= 15 is 0 Å². The Morgan fingerprint density at radius 1 is 1.37 bits per heavy atom. The number of nitrogens with two attached hydrogens (primary N) is 1. The molecule has 0 saturated carbocycles. The highest BCUT2D eigenvalue weighted by atomic mass is 79.9. The third-order valence-electron chi connectivity index (χ3n) is 4.06. The minimum Gasteiger partial charge on any atom is -0.389 e. The third kappa shape index (κ3) is 3.48. The zero-order valence-electron chi connectivity index (χ0n) is 11.5. The van der Waals surface area contributed by atoms with Crippen molar-refractivity contribution in [1.82, 2.24) is 0 Å². The summed E-state index contributed by atoms with van der Waals surface area (Å²) in [5, 5.41) is 0. The average molecular weight is 341 g/mol. The minimum absolute atomic E-state index is 0.450. The van der Waals surface area contributed by atoms with Gasteiger partial charge in [-0.05, 0) is 58.8 Å². The number of thiocarbonyl (C=S) groups is 1. The number of halogens is 1. The molecular formula is C15H21BrN2S. The van der Waals surface area contributed by atoms with Crippen molar-refractivity contribution < 1.29 is 0 Å². The van der Waals surface area contributed by atoms with Crippen molar-refractivity contribution >= 4 is 38.8 Å². The predicted molar refractivity (Wildman–Crippen MR) is 89.8 cm³/mol. The van der Waals surface area contributed by atoms with E-state index < -0.39 is 0 Å². The lowest BCUT2D eigenvalue weighted by molar-refractivity contribution is 0.311. The Labute approximate surface area is 129 Å². The summed E-state index contributed by atoms with van der Waals surface area (Å²) in [7, 11) is 0. The third-order valence-corrected chi connectivity index (χ3v) is 4.93. The summed E-state index contributed by atoms with van der Waals surface area (Å²) < 4.78 is 1.08. The van der Waals surface area contributed by atoms with Crippen LogP contribution in [0.2, 0.25) is 0 Å². The van der Waals surface area contributed by atoms with Crippen molar-refractivity contribution in [2.45, 2.75) is 26.7 Å². The van der Waals surface area contributed by atoms with Gasteiger partial charge in [0.1, 0.15) is 4.99 Å². The number of hydrogen-bond donors (Lipinski definition) is 1. The molecule has 1 heterocycles. The second kappa shape index (κ2) is 6.23. The number of rotatable bonds is 3. The molecule has 0 radical (unpaired) electrons. The molecule has 1 aromatic rings. The van der Waals surface area contributed by atoms with E-state index in [1.165, 1.54) is 18.5 Å². The number of benzene rings is 1. The number of hydrogen-bond acceptors (Lipinski definition) is 2. The van der Waals surface area contributed by atoms with Gasteiger partial charge in [-0.2, -0.15) is 0 Å². The van der Waals surface area contributed by atoms with Crippen LogP contribution in [0.4, 0.5) is 5.69 Å². The lowest BCUT2D eigenvalue weighted by Gasteiger charge is -2.35. The molecule has 1 aliphatic rings. The van der Waals surface area contributed by atoms with Crippen LogP contribution in [0.25, 0.3) is 0 Å². The number of anilines is 1. The zero-order valence-corrected chi connectivity index (χ0v) is 13.9. The first kappa shape index (κ1) is 14.8. The lowest BCUT2D eigenvalue weighted by Crippen LogP contribution is -2.35. The quantitative estimate of drug-likeness (QED) is 0.844. The number of nitrogens with zero attached hydrogens (tertiary/aromatic N) is 1. The van der Waals surface area contributed by atoms with E-state index in [-0.39, 0.29) is 0 Å². The molecule has 0 unspecified atom stereocenters. The Morgan fingerprint density at radius 2 is 2.00 bits per heavy atom. The van der Waals surface area contributed by atoms with Gasteiger partial charge >= 0.3 is 0 Å². The molecule has 4 heteroatoms. The summed E-state index contributed by atoms with van der Waals surface area (Å²) >= 11 is 8.65. The van der Waals surface area contributed by atoms with Gasteiger partial charge in [-0.3, -0.25) is 0 Å². The lowest BCUT2D eigenvalue weighted by atomic mass is 9.86. The standard InChI is InChI=1S/C15H21BrN2S/c1-10(2)11-5-7-18(8-6-11)14-4-3-12(15(17)19)9-13(14)16/h3-4,9-11H,5-8H2,1-2H3,(H2,17,19). The van der Waals surface area contributed by atoms with Crippen molar-refractivity contribution in [3.05, 3.63) is 28.2 Å². The first-order chi connectivity index (χ1) is 8.99. The van der Waals surface area contributed by atoms with Gasteiger partial charge in [0.05, 0.1) is 5.69 Å². The summed E-state index contributed by atoms with van der Waals surface area (Å²) in [4.78, 5) is 2.90. The molecule has 1 aromatic carbocycles. The van der Waals surface area contributed by atoms with E-state index in [2.05, 4.69) is 40.7 Å². The fourth-order valence-electron chi connectivity index (χ4n) is 2.72. The van der Waals surface area contributed by atoms with Crippen molar-refractivity contribution in [3.63, 3.8) is 0 Å². The highest BCUT2D eigenvalue weighted by Crippen LogP contribution is 2.32. The molecule has 1 saturated heterocycles. The summed E-state index contributed by atoms with van der Waals surface area (Å²) in [6.45, 7) is 6.92. The molecule has 1 fully saturated rings. The van der Waals surface area contributed by atoms with Crippen LogP contribution >= 0.6 is 28.1 Å². The second-order valence-electron chi connectivity index (χ2n) is 5.60. The monoisotopic (exact) mass is 340 g/mol. The van der Waals surface area contributed by atoms with Gasteiger partial charge in [0.25, 0.3) is 0 Å². The smallest absolute Gasteiger partial charge is 0.104 e. The van der Waals surface area contributed by atoms with Crippen molar-refractivity contribution in [2.24, 2.45) is 17.6 Å². The average Bonchev–Trinajstić information content (AvgIpc) is 2.38. The maximum absolute atomic E-state index is 5.66. The van der Waals surface area contributed by atoms with E-state index in [0.29, 0.717) is 4.99 Å². The summed E-state index contributed by atoms with van der Waals surface area (Å²) in [6, 6.07) is 6.15. The van der Waals surface area contributed by atoms with Crippen LogP contribution in [0.5, 0.6) is 0 Å². The van der Waals surface area contributed by atoms with Crippen molar-refractivity contribution in [1.29, 1.82) is 0 Å². The fourth-order valence-corrected chi connectivity index (χ4v) is 3.48. The fraction of sp³-hybridized carbons (Fsp3) is 0.533. The largest absolute Gasteiger partial charge is 0.389 e. The Hall–Kier alpha value is -0.610. The Balaban J connectivity index is 2.09. The van der Waals surface area contributed by atoms with Crippen LogP contribution in [-0.2, 0) is 0 Å². The van der Waals surface area contributed by atoms with Gasteiger partial charge in [0.15, 0.2) is 0 Å². The molecule has 0 aromatic heterocycles. The van der Waals surface area contributed by atoms with Gasteiger partial charge in [-0.25, -0.2) is 0 Å². The van der Waals surface area contributed by atoms with E-state index in [1.807, 2.05) is 12.1 Å². The van der Waals surface area contributed by atoms with E-state index in [9.17, 15) is 0 Å². The Morgan fingerprint density at radius 3 is 2.47 bits per heavy atom.